The minimum Gasteiger partial charge on any atom is -0.508 e. The normalized spacial score (nSPS) is 12.1. The van der Waals surface area contributed by atoms with E-state index >= 15 is 0 Å². The highest BCUT2D eigenvalue weighted by Gasteiger charge is 2.27. The van der Waals surface area contributed by atoms with Gasteiger partial charge < -0.3 is 9.84 Å². The first kappa shape index (κ1) is 26.3. The Morgan fingerprint density at radius 3 is 1.62 bits per heavy atom. The summed E-state index contributed by atoms with van der Waals surface area (Å²) in [5.74, 6) is 0.846. The highest BCUT2D eigenvalue weighted by Crippen LogP contribution is 2.39. The molecule has 186 valence electrons. The number of hydrogen-bond donors (Lipinski definition) is 1. The molecule has 0 aliphatic heterocycles. The van der Waals surface area contributed by atoms with Gasteiger partial charge in [-0.2, -0.15) is 0 Å². The molecule has 2 aromatic carbocycles. The number of hydrogen-bond acceptors (Lipinski definition) is 3. The Labute approximate surface area is 206 Å². The zero-order valence-electron chi connectivity index (χ0n) is 21.2. The average Bonchev–Trinajstić information content (AvgIpc) is 3.12. The van der Waals surface area contributed by atoms with E-state index in [1.165, 1.54) is 96.3 Å². The third kappa shape index (κ3) is 8.18. The van der Waals surface area contributed by atoms with Crippen LogP contribution in [-0.2, 0) is 0 Å². The van der Waals surface area contributed by atoms with Crippen LogP contribution in [0.4, 0.5) is 0 Å². The molecule has 1 aliphatic carbocycles. The van der Waals surface area contributed by atoms with Gasteiger partial charge in [0.25, 0.3) is 0 Å². The largest absolute Gasteiger partial charge is 0.508 e. The number of benzene rings is 2. The second kappa shape index (κ2) is 14.9. The average molecular weight is 465 g/mol. The Bertz CT molecular complexity index is 886. The fourth-order valence-electron chi connectivity index (χ4n) is 4.98. The van der Waals surface area contributed by atoms with E-state index in [1.807, 2.05) is 24.3 Å². The van der Waals surface area contributed by atoms with Gasteiger partial charge in [-0.3, -0.25) is 4.79 Å². The van der Waals surface area contributed by atoms with E-state index in [1.54, 1.807) is 12.1 Å². The molecule has 0 bridgehead atoms. The van der Waals surface area contributed by atoms with Crippen molar-refractivity contribution in [2.75, 3.05) is 6.61 Å². The summed E-state index contributed by atoms with van der Waals surface area (Å²) in [6.07, 6.45) is 21.8. The Kier molecular flexibility index (Phi) is 11.5. The highest BCUT2D eigenvalue weighted by molar-refractivity contribution is 6.22. The van der Waals surface area contributed by atoms with Gasteiger partial charge >= 0.3 is 0 Å². The summed E-state index contributed by atoms with van der Waals surface area (Å²) < 4.78 is 5.92. The van der Waals surface area contributed by atoms with Crippen LogP contribution < -0.4 is 4.74 Å². The van der Waals surface area contributed by atoms with Crippen LogP contribution in [0.5, 0.6) is 11.5 Å². The zero-order valence-corrected chi connectivity index (χ0v) is 21.2. The van der Waals surface area contributed by atoms with Crippen molar-refractivity contribution >= 4 is 5.78 Å². The number of carbonyl (C=O) groups is 1. The molecule has 0 heterocycles. The Morgan fingerprint density at radius 2 is 1.06 bits per heavy atom. The summed E-state index contributed by atoms with van der Waals surface area (Å²) in [6, 6.07) is 10.7. The standard InChI is InChI=1S/C31H44O3/c1-2-3-4-5-6-7-8-9-10-11-12-13-14-15-16-17-22-34-26-19-21-28-27-20-18-25(32)23-29(27)31(33)30(28)24-26/h18-21,23-24,32H,2-17,22H2,1H3. The van der Waals surface area contributed by atoms with Crippen molar-refractivity contribution in [1.82, 2.24) is 0 Å². The molecule has 0 spiro atoms. The molecule has 0 fully saturated rings. The number of phenolic OH excluding ortho intramolecular Hbond substituents is 1. The molecule has 1 N–H and O–H groups in total. The highest BCUT2D eigenvalue weighted by atomic mass is 16.5. The molecule has 0 amide bonds. The summed E-state index contributed by atoms with van der Waals surface area (Å²) in [6.45, 7) is 2.98. The van der Waals surface area contributed by atoms with Crippen LogP contribution in [0.1, 0.15) is 126 Å². The summed E-state index contributed by atoms with van der Waals surface area (Å²) in [5.41, 5.74) is 3.06. The van der Waals surface area contributed by atoms with Crippen LogP contribution in [0.15, 0.2) is 36.4 Å². The lowest BCUT2D eigenvalue weighted by Gasteiger charge is -2.08. The van der Waals surface area contributed by atoms with Crippen LogP contribution in [0.2, 0.25) is 0 Å². The molecular weight excluding hydrogens is 420 g/mol. The molecule has 3 nitrogen and oxygen atoms in total. The smallest absolute Gasteiger partial charge is 0.194 e. The number of unbranched alkanes of at least 4 members (excludes halogenated alkanes) is 15. The predicted octanol–water partition coefficient (Wildman–Crippen LogP) is 9.24. The quantitative estimate of drug-likeness (QED) is 0.191. The lowest BCUT2D eigenvalue weighted by molar-refractivity contribution is 0.104. The van der Waals surface area contributed by atoms with Crippen LogP contribution in [0.25, 0.3) is 11.1 Å². The fourth-order valence-corrected chi connectivity index (χ4v) is 4.98. The van der Waals surface area contributed by atoms with Crippen molar-refractivity contribution in [3.8, 4) is 22.6 Å². The first-order valence-corrected chi connectivity index (χ1v) is 13.9. The van der Waals surface area contributed by atoms with E-state index in [0.29, 0.717) is 17.7 Å². The minimum atomic E-state index is -0.0336. The number of fused-ring (bicyclic) bond motifs is 3. The van der Waals surface area contributed by atoms with Gasteiger partial charge in [0.15, 0.2) is 5.78 Å². The molecule has 0 atom stereocenters. The van der Waals surface area contributed by atoms with Crippen LogP contribution >= 0.6 is 0 Å². The molecule has 2 aromatic rings. The van der Waals surface area contributed by atoms with Crippen molar-refractivity contribution in [3.63, 3.8) is 0 Å². The maximum absolute atomic E-state index is 12.7. The molecular formula is C31H44O3. The molecule has 34 heavy (non-hydrogen) atoms. The van der Waals surface area contributed by atoms with Crippen LogP contribution in [-0.4, -0.2) is 17.5 Å². The van der Waals surface area contributed by atoms with Crippen molar-refractivity contribution in [1.29, 1.82) is 0 Å². The van der Waals surface area contributed by atoms with Gasteiger partial charge in [-0.25, -0.2) is 0 Å². The topological polar surface area (TPSA) is 46.5 Å². The number of aromatic hydroxyl groups is 1. The number of ether oxygens (including phenoxy) is 1. The molecule has 0 saturated heterocycles. The van der Waals surface area contributed by atoms with Gasteiger partial charge in [-0.15, -0.1) is 0 Å². The lowest BCUT2D eigenvalue weighted by atomic mass is 10.0. The maximum atomic E-state index is 12.7. The molecule has 0 unspecified atom stereocenters. The van der Waals surface area contributed by atoms with E-state index in [0.717, 1.165) is 23.3 Å². The monoisotopic (exact) mass is 464 g/mol. The SMILES string of the molecule is CCCCCCCCCCCCCCCCCCOc1ccc2c(c1)C(=O)c1cc(O)ccc1-2. The van der Waals surface area contributed by atoms with Gasteiger partial charge in [0, 0.05) is 11.1 Å². The fraction of sp³-hybridized carbons (Fsp3) is 0.581. The van der Waals surface area contributed by atoms with E-state index in [2.05, 4.69) is 6.92 Å². The number of carbonyl (C=O) groups excluding carboxylic acids is 1. The van der Waals surface area contributed by atoms with E-state index in [4.69, 9.17) is 4.74 Å². The van der Waals surface area contributed by atoms with Gasteiger partial charge in [0.2, 0.25) is 0 Å². The van der Waals surface area contributed by atoms with E-state index in [-0.39, 0.29) is 11.5 Å². The summed E-state index contributed by atoms with van der Waals surface area (Å²) >= 11 is 0. The molecule has 1 aliphatic rings. The van der Waals surface area contributed by atoms with Crippen molar-refractivity contribution in [2.24, 2.45) is 0 Å². The molecule has 0 aromatic heterocycles. The number of phenols is 1. The first-order chi connectivity index (χ1) is 16.7. The third-order valence-electron chi connectivity index (χ3n) is 7.04. The van der Waals surface area contributed by atoms with Crippen LogP contribution in [0.3, 0.4) is 0 Å². The van der Waals surface area contributed by atoms with E-state index < -0.39 is 0 Å². The molecule has 0 radical (unpaired) electrons. The number of ketones is 1. The second-order valence-corrected chi connectivity index (χ2v) is 9.92. The predicted molar refractivity (Wildman–Crippen MR) is 142 cm³/mol. The minimum absolute atomic E-state index is 0.0336. The lowest BCUT2D eigenvalue weighted by Crippen LogP contribution is -1.99. The van der Waals surface area contributed by atoms with Gasteiger partial charge in [0.05, 0.1) is 6.61 Å². The Hall–Kier alpha value is -2.29. The van der Waals surface area contributed by atoms with Crippen molar-refractivity contribution < 1.29 is 14.6 Å². The number of rotatable bonds is 18. The summed E-state index contributed by atoms with van der Waals surface area (Å²) in [7, 11) is 0. The molecule has 0 saturated carbocycles. The molecule has 3 heteroatoms. The summed E-state index contributed by atoms with van der Waals surface area (Å²) in [5, 5.41) is 9.69. The van der Waals surface area contributed by atoms with Gasteiger partial charge in [-0.05, 0) is 53.9 Å². The Balaban J connectivity index is 1.17. The third-order valence-corrected chi connectivity index (χ3v) is 7.04. The Morgan fingerprint density at radius 1 is 0.588 bits per heavy atom. The van der Waals surface area contributed by atoms with E-state index in [9.17, 15) is 9.90 Å². The van der Waals surface area contributed by atoms with Crippen molar-refractivity contribution in [2.45, 2.75) is 110 Å². The van der Waals surface area contributed by atoms with Gasteiger partial charge in [-0.1, -0.05) is 103 Å². The maximum Gasteiger partial charge on any atom is 0.194 e. The molecule has 3 rings (SSSR count). The van der Waals surface area contributed by atoms with Crippen LogP contribution in [0, 0.1) is 0 Å². The van der Waals surface area contributed by atoms with Gasteiger partial charge in [0.1, 0.15) is 11.5 Å². The summed E-state index contributed by atoms with van der Waals surface area (Å²) in [4.78, 5) is 12.7. The first-order valence-electron chi connectivity index (χ1n) is 13.9. The van der Waals surface area contributed by atoms with Crippen molar-refractivity contribution in [3.05, 3.63) is 47.5 Å². The zero-order chi connectivity index (χ0) is 24.0. The second-order valence-electron chi connectivity index (χ2n) is 9.92.